The molecule has 0 aliphatic carbocycles. The summed E-state index contributed by atoms with van der Waals surface area (Å²) in [5.41, 5.74) is 1.72. The number of ether oxygens (including phenoxy) is 1. The maximum Gasteiger partial charge on any atom is 0.251 e. The normalized spacial score (nSPS) is 18.4. The minimum atomic E-state index is -1.12. The Morgan fingerprint density at radius 3 is 2.76 bits per heavy atom. The molecule has 2 fully saturated rings. The van der Waals surface area contributed by atoms with Crippen LogP contribution in [0.1, 0.15) is 35.2 Å². The number of thiazole rings is 1. The predicted molar refractivity (Wildman–Crippen MR) is 138 cm³/mol. The summed E-state index contributed by atoms with van der Waals surface area (Å²) in [7, 11) is 0. The third-order valence-corrected chi connectivity index (χ3v) is 8.29. The van der Waals surface area contributed by atoms with Crippen molar-refractivity contribution in [3.8, 4) is 11.3 Å². The quantitative estimate of drug-likeness (QED) is 0.354. The number of piperidine rings is 1. The van der Waals surface area contributed by atoms with Gasteiger partial charge in [0.05, 0.1) is 29.1 Å². The molecule has 1 amide bonds. The zero-order valence-electron chi connectivity index (χ0n) is 20.3. The van der Waals surface area contributed by atoms with Gasteiger partial charge in [0, 0.05) is 37.0 Å². The molecule has 4 aromatic rings. The minimum Gasteiger partial charge on any atom is -0.380 e. The fourth-order valence-electron chi connectivity index (χ4n) is 4.98. The van der Waals surface area contributed by atoms with Gasteiger partial charge >= 0.3 is 0 Å². The largest absolute Gasteiger partial charge is 0.380 e. The van der Waals surface area contributed by atoms with Crippen molar-refractivity contribution in [1.29, 1.82) is 0 Å². The van der Waals surface area contributed by atoms with Gasteiger partial charge in [0.25, 0.3) is 5.91 Å². The number of carbonyl (C=O) groups excluding carboxylic acids is 1. The first-order valence-electron chi connectivity index (χ1n) is 12.6. The second-order valence-electron chi connectivity index (χ2n) is 9.91. The number of aromatic nitrogens is 2. The number of imidazole rings is 1. The molecule has 2 saturated heterocycles. The van der Waals surface area contributed by atoms with Gasteiger partial charge in [-0.25, -0.2) is 13.8 Å². The Bertz CT molecular complexity index is 1460. The lowest BCUT2D eigenvalue weighted by molar-refractivity contribution is -0.184. The van der Waals surface area contributed by atoms with Crippen LogP contribution in [-0.4, -0.2) is 70.9 Å². The maximum atomic E-state index is 14.9. The van der Waals surface area contributed by atoms with Crippen molar-refractivity contribution >= 4 is 32.4 Å². The van der Waals surface area contributed by atoms with Crippen molar-refractivity contribution in [2.24, 2.45) is 0 Å². The van der Waals surface area contributed by atoms with E-state index in [1.54, 1.807) is 24.4 Å². The van der Waals surface area contributed by atoms with Crippen molar-refractivity contribution < 1.29 is 23.4 Å². The molecule has 2 aliphatic rings. The van der Waals surface area contributed by atoms with Crippen molar-refractivity contribution in [2.45, 2.75) is 31.0 Å². The van der Waals surface area contributed by atoms with Crippen LogP contribution < -0.4 is 5.32 Å². The zero-order valence-corrected chi connectivity index (χ0v) is 21.1. The fourth-order valence-corrected chi connectivity index (χ4v) is 6.03. The van der Waals surface area contributed by atoms with Gasteiger partial charge in [-0.15, -0.1) is 0 Å². The third-order valence-electron chi connectivity index (χ3n) is 7.27. The van der Waals surface area contributed by atoms with Crippen LogP contribution in [0.3, 0.4) is 0 Å². The smallest absolute Gasteiger partial charge is 0.251 e. The third kappa shape index (κ3) is 4.74. The molecule has 0 unspecified atom stereocenters. The van der Waals surface area contributed by atoms with Gasteiger partial charge in [-0.3, -0.25) is 9.20 Å². The molecule has 37 heavy (non-hydrogen) atoms. The van der Waals surface area contributed by atoms with E-state index in [0.717, 1.165) is 36.3 Å². The average molecular weight is 527 g/mol. The molecule has 2 N–H and O–H groups in total. The highest BCUT2D eigenvalue weighted by molar-refractivity contribution is 7.23. The van der Waals surface area contributed by atoms with E-state index in [1.165, 1.54) is 17.4 Å². The van der Waals surface area contributed by atoms with Crippen LogP contribution in [0.5, 0.6) is 0 Å². The SMILES string of the molecule is O=C(NCCCN1CCC(F)CC1)c1ccc2c(c1)sc1nc(-c3ccc(C4(O)COC4)cc3F)cn12. The van der Waals surface area contributed by atoms with Crippen molar-refractivity contribution in [3.63, 3.8) is 0 Å². The highest BCUT2D eigenvalue weighted by Gasteiger charge is 2.38. The van der Waals surface area contributed by atoms with Crippen molar-refractivity contribution in [1.82, 2.24) is 19.6 Å². The molecule has 0 saturated carbocycles. The van der Waals surface area contributed by atoms with Crippen LogP contribution >= 0.6 is 11.3 Å². The zero-order chi connectivity index (χ0) is 25.6. The summed E-state index contributed by atoms with van der Waals surface area (Å²) < 4.78 is 36.0. The van der Waals surface area contributed by atoms with Gasteiger partial charge in [0.1, 0.15) is 17.6 Å². The minimum absolute atomic E-state index is 0.128. The summed E-state index contributed by atoms with van der Waals surface area (Å²) in [5.74, 6) is -0.574. The van der Waals surface area contributed by atoms with Crippen LogP contribution in [0, 0.1) is 5.82 Å². The molecule has 10 heteroatoms. The van der Waals surface area contributed by atoms with Gasteiger partial charge < -0.3 is 20.1 Å². The summed E-state index contributed by atoms with van der Waals surface area (Å²) in [4.78, 5) is 20.2. The van der Waals surface area contributed by atoms with Crippen molar-refractivity contribution in [2.75, 3.05) is 39.4 Å². The van der Waals surface area contributed by atoms with Gasteiger partial charge in [-0.2, -0.15) is 0 Å². The number of alkyl halides is 1. The molecular weight excluding hydrogens is 498 g/mol. The van der Waals surface area contributed by atoms with E-state index in [-0.39, 0.29) is 19.1 Å². The molecule has 2 aliphatic heterocycles. The lowest BCUT2D eigenvalue weighted by Gasteiger charge is -2.36. The van der Waals surface area contributed by atoms with Crippen LogP contribution in [-0.2, 0) is 10.3 Å². The van der Waals surface area contributed by atoms with Crippen LogP contribution in [0.2, 0.25) is 0 Å². The summed E-state index contributed by atoms with van der Waals surface area (Å²) in [6.45, 7) is 3.32. The number of amides is 1. The number of hydrogen-bond acceptors (Lipinski definition) is 6. The van der Waals surface area contributed by atoms with E-state index < -0.39 is 17.6 Å². The lowest BCUT2D eigenvalue weighted by atomic mass is 9.91. The number of carbonyl (C=O) groups is 1. The topological polar surface area (TPSA) is 79.1 Å². The molecule has 0 atom stereocenters. The predicted octanol–water partition coefficient (Wildman–Crippen LogP) is 4.13. The first kappa shape index (κ1) is 24.4. The molecule has 2 aromatic heterocycles. The van der Waals surface area contributed by atoms with Crippen LogP contribution in [0.25, 0.3) is 26.4 Å². The molecule has 6 rings (SSSR count). The highest BCUT2D eigenvalue weighted by Crippen LogP contribution is 2.34. The second kappa shape index (κ2) is 9.75. The monoisotopic (exact) mass is 526 g/mol. The highest BCUT2D eigenvalue weighted by atomic mass is 32.1. The molecule has 7 nitrogen and oxygen atoms in total. The summed E-state index contributed by atoms with van der Waals surface area (Å²) in [6.07, 6.45) is 3.14. The Labute approximate surface area is 216 Å². The Morgan fingerprint density at radius 1 is 1.22 bits per heavy atom. The van der Waals surface area contributed by atoms with E-state index in [4.69, 9.17) is 4.74 Å². The standard InChI is InChI=1S/C27H28F2N4O3S/c28-19-6-10-32(11-7-19)9-1-8-30-25(34)17-2-5-23-24(12-17)37-26-31-22(14-33(23)26)20-4-3-18(13-21(20)29)27(35)15-36-16-27/h2-5,12-14,19,35H,1,6-11,15-16H2,(H,30,34). The summed E-state index contributed by atoms with van der Waals surface area (Å²) >= 11 is 1.44. The van der Waals surface area contributed by atoms with E-state index in [9.17, 15) is 18.7 Å². The Hall–Kier alpha value is -2.92. The molecule has 194 valence electrons. The summed E-state index contributed by atoms with van der Waals surface area (Å²) in [6, 6.07) is 10.2. The van der Waals surface area contributed by atoms with Crippen LogP contribution in [0.4, 0.5) is 8.78 Å². The Balaban J connectivity index is 1.13. The van der Waals surface area contributed by atoms with Gasteiger partial charge in [0.15, 0.2) is 4.96 Å². The van der Waals surface area contributed by atoms with E-state index in [0.29, 0.717) is 46.7 Å². The van der Waals surface area contributed by atoms with E-state index in [1.807, 2.05) is 16.5 Å². The van der Waals surface area contributed by atoms with E-state index in [2.05, 4.69) is 15.2 Å². The van der Waals surface area contributed by atoms with Crippen molar-refractivity contribution in [3.05, 3.63) is 59.5 Å². The molecular formula is C27H28F2N4O3S. The number of nitrogens with zero attached hydrogens (tertiary/aromatic N) is 3. The van der Waals surface area contributed by atoms with Gasteiger partial charge in [-0.05, 0) is 61.7 Å². The fraction of sp³-hybridized carbons (Fsp3) is 0.407. The molecule has 0 radical (unpaired) electrons. The number of rotatable bonds is 7. The Kier molecular flexibility index (Phi) is 6.44. The average Bonchev–Trinajstić information content (AvgIpc) is 3.43. The second-order valence-corrected chi connectivity index (χ2v) is 10.9. The number of benzene rings is 2. The molecule has 0 bridgehead atoms. The summed E-state index contributed by atoms with van der Waals surface area (Å²) in [5, 5.41) is 13.4. The lowest BCUT2D eigenvalue weighted by Crippen LogP contribution is -2.46. The molecule has 0 spiro atoms. The van der Waals surface area contributed by atoms with Crippen LogP contribution in [0.15, 0.2) is 42.6 Å². The first-order chi connectivity index (χ1) is 17.9. The number of hydrogen-bond donors (Lipinski definition) is 2. The van der Waals surface area contributed by atoms with E-state index >= 15 is 0 Å². The number of aliphatic hydroxyl groups is 1. The first-order valence-corrected chi connectivity index (χ1v) is 13.4. The molecule has 4 heterocycles. The maximum absolute atomic E-state index is 14.9. The number of likely N-dealkylation sites (tertiary alicyclic amines) is 1. The Morgan fingerprint density at radius 2 is 2.03 bits per heavy atom. The number of fused-ring (bicyclic) bond motifs is 3. The van der Waals surface area contributed by atoms with Gasteiger partial charge in [-0.1, -0.05) is 17.4 Å². The molecule has 2 aromatic carbocycles. The number of nitrogens with one attached hydrogen (secondary N) is 1. The van der Waals surface area contributed by atoms with Gasteiger partial charge in [0.2, 0.25) is 0 Å². The number of halogens is 2.